The fraction of sp³-hybridized carbons (Fsp3) is 0.440. The van der Waals surface area contributed by atoms with E-state index in [4.69, 9.17) is 23.9 Å². The van der Waals surface area contributed by atoms with Gasteiger partial charge in [0, 0.05) is 0 Å². The maximum Gasteiger partial charge on any atom is 0.285 e. The van der Waals surface area contributed by atoms with Gasteiger partial charge in [0.25, 0.3) is 23.6 Å². The van der Waals surface area contributed by atoms with Crippen molar-refractivity contribution in [3.05, 3.63) is 59.7 Å². The Bertz CT molecular complexity index is 1030. The molecule has 1 saturated heterocycles. The maximum atomic E-state index is 12.5. The highest BCUT2D eigenvalue weighted by molar-refractivity contribution is 6.20. The normalized spacial score (nSPS) is 22.6. The van der Waals surface area contributed by atoms with Crippen molar-refractivity contribution in [2.45, 2.75) is 6.92 Å². The molecule has 11 nitrogen and oxygen atoms in total. The highest BCUT2D eigenvalue weighted by Gasteiger charge is 2.55. The van der Waals surface area contributed by atoms with E-state index in [0.717, 1.165) is 10.1 Å². The lowest BCUT2D eigenvalue weighted by Gasteiger charge is -2.22. The van der Waals surface area contributed by atoms with Crippen LogP contribution in [0.5, 0.6) is 0 Å². The molecule has 4 rings (SSSR count). The van der Waals surface area contributed by atoms with E-state index in [1.165, 1.54) is 0 Å². The number of fused-ring (bicyclic) bond motifs is 2. The molecule has 3 aliphatic rings. The highest BCUT2D eigenvalue weighted by atomic mass is 16.7. The van der Waals surface area contributed by atoms with E-state index >= 15 is 0 Å². The monoisotopic (exact) mass is 500 g/mol. The zero-order valence-electron chi connectivity index (χ0n) is 19.9. The molecule has 1 fully saturated rings. The Morgan fingerprint density at radius 1 is 0.722 bits per heavy atom. The van der Waals surface area contributed by atoms with Crippen molar-refractivity contribution in [3.63, 3.8) is 0 Å². The summed E-state index contributed by atoms with van der Waals surface area (Å²) < 4.78 is 16.2. The number of carbonyl (C=O) groups excluding carboxylic acids is 4. The molecule has 0 N–H and O–H groups in total. The maximum absolute atomic E-state index is 12.5. The molecule has 2 aliphatic heterocycles. The van der Waals surface area contributed by atoms with Gasteiger partial charge in [-0.05, 0) is 19.1 Å². The fourth-order valence-electron chi connectivity index (χ4n) is 4.05. The topological polar surface area (TPSA) is 121 Å². The van der Waals surface area contributed by atoms with Gasteiger partial charge in [0.15, 0.2) is 0 Å². The standard InChI is InChI=1S/C25H28N2O9/c1-25-9-5-4-8-20(25)23(30)27(24(25)31)36-17-15-34-13-11-32-10-12-33-14-16-35-26-21(28)18-6-2-3-7-19(18)22(26)29/h2-9,20H,10-17H2,1H3. The van der Waals surface area contributed by atoms with Crippen LogP contribution in [-0.2, 0) is 33.5 Å². The summed E-state index contributed by atoms with van der Waals surface area (Å²) in [4.78, 5) is 59.9. The summed E-state index contributed by atoms with van der Waals surface area (Å²) in [5.74, 6) is -2.26. The molecule has 2 heterocycles. The Hall–Kier alpha value is -3.22. The van der Waals surface area contributed by atoms with Gasteiger partial charge in [-0.2, -0.15) is 5.06 Å². The number of nitrogens with zero attached hydrogens (tertiary/aromatic N) is 2. The second kappa shape index (κ2) is 11.7. The number of carbonyl (C=O) groups is 4. The molecule has 0 spiro atoms. The molecule has 36 heavy (non-hydrogen) atoms. The molecule has 192 valence electrons. The van der Waals surface area contributed by atoms with Crippen LogP contribution in [0.2, 0.25) is 0 Å². The summed E-state index contributed by atoms with van der Waals surface area (Å²) in [5, 5.41) is 1.59. The first-order valence-corrected chi connectivity index (χ1v) is 11.7. The molecule has 1 aromatic carbocycles. The van der Waals surface area contributed by atoms with Gasteiger partial charge in [0.05, 0.1) is 75.3 Å². The Labute approximate surface area is 208 Å². The van der Waals surface area contributed by atoms with Gasteiger partial charge in [-0.25, -0.2) is 0 Å². The van der Waals surface area contributed by atoms with E-state index in [1.54, 1.807) is 55.5 Å². The smallest absolute Gasteiger partial charge is 0.285 e. The van der Waals surface area contributed by atoms with Crippen molar-refractivity contribution in [2.24, 2.45) is 11.3 Å². The first-order chi connectivity index (χ1) is 17.4. The van der Waals surface area contributed by atoms with Crippen LogP contribution >= 0.6 is 0 Å². The van der Waals surface area contributed by atoms with Crippen LogP contribution in [0.15, 0.2) is 48.6 Å². The summed E-state index contributed by atoms with van der Waals surface area (Å²) in [6.07, 6.45) is 6.94. The zero-order chi connectivity index (χ0) is 25.5. The molecule has 1 aromatic rings. The lowest BCUT2D eigenvalue weighted by molar-refractivity contribution is -0.193. The third kappa shape index (κ3) is 5.30. The van der Waals surface area contributed by atoms with Gasteiger partial charge >= 0.3 is 0 Å². The minimum Gasteiger partial charge on any atom is -0.377 e. The Kier molecular flexibility index (Phi) is 8.39. The van der Waals surface area contributed by atoms with Crippen molar-refractivity contribution in [1.82, 2.24) is 10.1 Å². The first kappa shape index (κ1) is 25.9. The second-order valence-corrected chi connectivity index (χ2v) is 8.40. The van der Waals surface area contributed by atoms with Crippen molar-refractivity contribution in [1.29, 1.82) is 0 Å². The summed E-state index contributed by atoms with van der Waals surface area (Å²) in [7, 11) is 0. The highest BCUT2D eigenvalue weighted by Crippen LogP contribution is 2.42. The largest absolute Gasteiger partial charge is 0.377 e. The van der Waals surface area contributed by atoms with Gasteiger partial charge < -0.3 is 14.2 Å². The third-order valence-electron chi connectivity index (χ3n) is 6.01. The molecular weight excluding hydrogens is 472 g/mol. The molecule has 0 saturated carbocycles. The Morgan fingerprint density at radius 3 is 1.75 bits per heavy atom. The minimum atomic E-state index is -0.899. The predicted octanol–water partition coefficient (Wildman–Crippen LogP) is 1.31. The number of hydrogen-bond acceptors (Lipinski definition) is 9. The lowest BCUT2D eigenvalue weighted by atomic mass is 9.76. The van der Waals surface area contributed by atoms with Crippen LogP contribution in [0.25, 0.3) is 0 Å². The molecule has 0 aromatic heterocycles. The Morgan fingerprint density at radius 2 is 1.22 bits per heavy atom. The van der Waals surface area contributed by atoms with Crippen LogP contribution in [0.1, 0.15) is 27.6 Å². The van der Waals surface area contributed by atoms with E-state index in [9.17, 15) is 19.2 Å². The molecule has 0 radical (unpaired) electrons. The molecule has 0 bridgehead atoms. The third-order valence-corrected chi connectivity index (χ3v) is 6.01. The van der Waals surface area contributed by atoms with Crippen molar-refractivity contribution < 1.29 is 43.1 Å². The van der Waals surface area contributed by atoms with Crippen molar-refractivity contribution in [2.75, 3.05) is 52.9 Å². The van der Waals surface area contributed by atoms with E-state index in [0.29, 0.717) is 37.6 Å². The lowest BCUT2D eigenvalue weighted by Crippen LogP contribution is -2.34. The van der Waals surface area contributed by atoms with Gasteiger partial charge in [0.1, 0.15) is 0 Å². The first-order valence-electron chi connectivity index (χ1n) is 11.7. The van der Waals surface area contributed by atoms with Crippen LogP contribution in [-0.4, -0.2) is 86.6 Å². The molecule has 2 unspecified atom stereocenters. The number of allylic oxidation sites excluding steroid dienone is 2. The average molecular weight is 501 g/mol. The summed E-state index contributed by atoms with van der Waals surface area (Å²) in [6, 6.07) is 6.55. The SMILES string of the molecule is CC12C=CC=CC1C(=O)N(OCCOCCOCCOCCON1C(=O)c3ccccc3C1=O)C2=O. The number of hydroxylamine groups is 4. The Balaban J connectivity index is 0.985. The van der Waals surface area contributed by atoms with E-state index in [2.05, 4.69) is 0 Å². The summed E-state index contributed by atoms with van der Waals surface area (Å²) >= 11 is 0. The van der Waals surface area contributed by atoms with Crippen LogP contribution in [0.4, 0.5) is 0 Å². The zero-order valence-corrected chi connectivity index (χ0v) is 19.9. The molecule has 4 amide bonds. The van der Waals surface area contributed by atoms with E-state index in [1.807, 2.05) is 0 Å². The minimum absolute atomic E-state index is 0.0447. The average Bonchev–Trinajstić information content (AvgIpc) is 3.24. The molecule has 1 aliphatic carbocycles. The number of benzene rings is 1. The molecule has 2 atom stereocenters. The number of ether oxygens (including phenoxy) is 3. The predicted molar refractivity (Wildman–Crippen MR) is 123 cm³/mol. The van der Waals surface area contributed by atoms with Crippen LogP contribution in [0, 0.1) is 11.3 Å². The molecular formula is C25H28N2O9. The summed E-state index contributed by atoms with van der Waals surface area (Å²) in [6.45, 7) is 3.46. The van der Waals surface area contributed by atoms with Crippen molar-refractivity contribution >= 4 is 23.6 Å². The van der Waals surface area contributed by atoms with E-state index in [-0.39, 0.29) is 38.2 Å². The van der Waals surface area contributed by atoms with Crippen LogP contribution < -0.4 is 0 Å². The quantitative estimate of drug-likeness (QED) is 0.275. The van der Waals surface area contributed by atoms with E-state index < -0.39 is 23.1 Å². The second-order valence-electron chi connectivity index (χ2n) is 8.40. The van der Waals surface area contributed by atoms with Crippen molar-refractivity contribution in [3.8, 4) is 0 Å². The van der Waals surface area contributed by atoms with Crippen LogP contribution in [0.3, 0.4) is 0 Å². The van der Waals surface area contributed by atoms with Gasteiger partial charge in [-0.1, -0.05) is 36.4 Å². The number of hydrogen-bond donors (Lipinski definition) is 0. The van der Waals surface area contributed by atoms with Gasteiger partial charge in [0.2, 0.25) is 0 Å². The number of rotatable bonds is 14. The number of amides is 4. The fourth-order valence-corrected chi connectivity index (χ4v) is 4.05. The number of imide groups is 2. The van der Waals surface area contributed by atoms with Gasteiger partial charge in [-0.15, -0.1) is 5.06 Å². The molecule has 11 heteroatoms. The summed E-state index contributed by atoms with van der Waals surface area (Å²) in [5.41, 5.74) is -0.250. The van der Waals surface area contributed by atoms with Gasteiger partial charge in [-0.3, -0.25) is 28.9 Å².